The minimum atomic E-state index is -0.206. The number of benzene rings is 2. The first kappa shape index (κ1) is 21.8. The Kier molecular flexibility index (Phi) is 7.85. The second-order valence-electron chi connectivity index (χ2n) is 7.56. The monoisotopic (exact) mass is 410 g/mol. The van der Waals surface area contributed by atoms with Crippen molar-refractivity contribution in [2.45, 2.75) is 39.2 Å². The van der Waals surface area contributed by atoms with E-state index in [1.54, 1.807) is 29.2 Å². The summed E-state index contributed by atoms with van der Waals surface area (Å²) in [6.07, 6.45) is 3.02. The minimum Gasteiger partial charge on any atom is -0.491 e. The van der Waals surface area contributed by atoms with Gasteiger partial charge in [-0.1, -0.05) is 25.1 Å². The Morgan fingerprint density at radius 1 is 1.17 bits per heavy atom. The van der Waals surface area contributed by atoms with E-state index >= 15 is 0 Å². The molecule has 0 saturated carbocycles. The number of rotatable bonds is 9. The van der Waals surface area contributed by atoms with Crippen molar-refractivity contribution < 1.29 is 19.1 Å². The molecule has 2 aromatic rings. The molecule has 30 heavy (non-hydrogen) atoms. The molecule has 0 radical (unpaired) electrons. The van der Waals surface area contributed by atoms with Crippen LogP contribution in [0.4, 0.5) is 5.69 Å². The molecule has 1 aliphatic rings. The normalized spacial score (nSPS) is 15.6. The molecule has 6 heteroatoms. The van der Waals surface area contributed by atoms with Gasteiger partial charge < -0.3 is 19.7 Å². The summed E-state index contributed by atoms with van der Waals surface area (Å²) in [5.74, 6) is 0.339. The number of nitrogens with zero attached hydrogens (tertiary/aromatic N) is 1. The maximum atomic E-state index is 13.0. The van der Waals surface area contributed by atoms with Gasteiger partial charge in [-0.25, -0.2) is 0 Å². The fourth-order valence-electron chi connectivity index (χ4n) is 3.44. The number of ether oxygens (including phenoxy) is 2. The van der Waals surface area contributed by atoms with Gasteiger partial charge in [0.1, 0.15) is 18.9 Å². The van der Waals surface area contributed by atoms with Crippen molar-refractivity contribution >= 4 is 17.5 Å². The van der Waals surface area contributed by atoms with Crippen LogP contribution in [0.15, 0.2) is 48.5 Å². The molecule has 6 nitrogen and oxygen atoms in total. The summed E-state index contributed by atoms with van der Waals surface area (Å²) >= 11 is 0. The molecule has 0 aromatic heterocycles. The van der Waals surface area contributed by atoms with Gasteiger partial charge in [0.15, 0.2) is 0 Å². The molecule has 1 saturated heterocycles. The molecular formula is C24H30N2O4. The quantitative estimate of drug-likeness (QED) is 0.677. The first-order chi connectivity index (χ1) is 14.6. The van der Waals surface area contributed by atoms with E-state index < -0.39 is 0 Å². The summed E-state index contributed by atoms with van der Waals surface area (Å²) in [5, 5.41) is 2.89. The maximum absolute atomic E-state index is 13.0. The lowest BCUT2D eigenvalue weighted by molar-refractivity contribution is -0.116. The highest BCUT2D eigenvalue weighted by Gasteiger charge is 2.19. The van der Waals surface area contributed by atoms with Crippen molar-refractivity contribution in [1.29, 1.82) is 0 Å². The second kappa shape index (κ2) is 10.8. The molecule has 160 valence electrons. The summed E-state index contributed by atoms with van der Waals surface area (Å²) in [6.45, 7) is 5.77. The van der Waals surface area contributed by atoms with E-state index in [4.69, 9.17) is 9.47 Å². The van der Waals surface area contributed by atoms with Crippen LogP contribution in [0.2, 0.25) is 0 Å². The van der Waals surface area contributed by atoms with E-state index in [1.807, 2.05) is 38.1 Å². The van der Waals surface area contributed by atoms with E-state index in [0.29, 0.717) is 24.5 Å². The number of amides is 2. The average Bonchev–Trinajstić information content (AvgIpc) is 3.27. The third-order valence-corrected chi connectivity index (χ3v) is 5.10. The highest BCUT2D eigenvalue weighted by Crippen LogP contribution is 2.18. The molecule has 0 aliphatic carbocycles. The fourth-order valence-corrected chi connectivity index (χ4v) is 3.44. The number of hydrogen-bond donors (Lipinski definition) is 1. The number of nitrogens with one attached hydrogen (secondary N) is 1. The highest BCUT2D eigenvalue weighted by molar-refractivity contribution is 5.99. The van der Waals surface area contributed by atoms with Crippen LogP contribution < -0.4 is 10.1 Å². The van der Waals surface area contributed by atoms with Gasteiger partial charge in [-0.05, 0) is 62.1 Å². The van der Waals surface area contributed by atoms with Gasteiger partial charge in [-0.2, -0.15) is 0 Å². The third kappa shape index (κ3) is 6.07. The van der Waals surface area contributed by atoms with Crippen LogP contribution in [0.1, 0.15) is 42.1 Å². The first-order valence-electron chi connectivity index (χ1n) is 10.6. The molecule has 2 aromatic carbocycles. The molecule has 1 aliphatic heterocycles. The van der Waals surface area contributed by atoms with Crippen molar-refractivity contribution in [3.8, 4) is 5.75 Å². The minimum absolute atomic E-state index is 0.0122. The lowest BCUT2D eigenvalue weighted by atomic mass is 10.1. The van der Waals surface area contributed by atoms with Gasteiger partial charge in [0.05, 0.1) is 6.10 Å². The zero-order valence-corrected chi connectivity index (χ0v) is 17.7. The van der Waals surface area contributed by atoms with Crippen molar-refractivity contribution in [2.75, 3.05) is 31.6 Å². The Balaban J connectivity index is 1.58. The Hall–Kier alpha value is -2.86. The summed E-state index contributed by atoms with van der Waals surface area (Å²) in [5.41, 5.74) is 2.29. The zero-order valence-electron chi connectivity index (χ0n) is 17.7. The average molecular weight is 411 g/mol. The Morgan fingerprint density at radius 2 is 1.93 bits per heavy atom. The zero-order chi connectivity index (χ0) is 21.3. The Bertz CT molecular complexity index is 845. The van der Waals surface area contributed by atoms with E-state index in [1.165, 1.54) is 0 Å². The second-order valence-corrected chi connectivity index (χ2v) is 7.56. The van der Waals surface area contributed by atoms with Crippen molar-refractivity contribution in [3.63, 3.8) is 0 Å². The number of aryl methyl sites for hydroxylation is 1. The van der Waals surface area contributed by atoms with Crippen LogP contribution in [0.25, 0.3) is 0 Å². The SMILES string of the molecule is CCCN(CC(=O)Nc1ccccc1C)C(=O)c1ccc(OCC2CCCO2)cc1. The van der Waals surface area contributed by atoms with Crippen LogP contribution in [0.5, 0.6) is 5.75 Å². The lowest BCUT2D eigenvalue weighted by Gasteiger charge is -2.22. The van der Waals surface area contributed by atoms with Crippen LogP contribution in [-0.2, 0) is 9.53 Å². The van der Waals surface area contributed by atoms with E-state index in [0.717, 1.165) is 37.1 Å². The van der Waals surface area contributed by atoms with Gasteiger partial charge in [-0.15, -0.1) is 0 Å². The molecular weight excluding hydrogens is 380 g/mol. The lowest BCUT2D eigenvalue weighted by Crippen LogP contribution is -2.38. The maximum Gasteiger partial charge on any atom is 0.254 e. The molecule has 1 N–H and O–H groups in total. The summed E-state index contributed by atoms with van der Waals surface area (Å²) in [7, 11) is 0. The van der Waals surface area contributed by atoms with Crippen molar-refractivity contribution in [1.82, 2.24) is 4.90 Å². The van der Waals surface area contributed by atoms with Crippen molar-refractivity contribution in [3.05, 3.63) is 59.7 Å². The van der Waals surface area contributed by atoms with Gasteiger partial charge in [0, 0.05) is 24.4 Å². The molecule has 1 heterocycles. The van der Waals surface area contributed by atoms with Crippen LogP contribution in [0.3, 0.4) is 0 Å². The van der Waals surface area contributed by atoms with Crippen LogP contribution >= 0.6 is 0 Å². The summed E-state index contributed by atoms with van der Waals surface area (Å²) in [4.78, 5) is 27.0. The number of anilines is 1. The van der Waals surface area contributed by atoms with E-state index in [2.05, 4.69) is 5.32 Å². The van der Waals surface area contributed by atoms with Gasteiger partial charge >= 0.3 is 0 Å². The van der Waals surface area contributed by atoms with Crippen LogP contribution in [0, 0.1) is 6.92 Å². The highest BCUT2D eigenvalue weighted by atomic mass is 16.5. The molecule has 2 amide bonds. The predicted octanol–water partition coefficient (Wildman–Crippen LogP) is 4.04. The van der Waals surface area contributed by atoms with Gasteiger partial charge in [-0.3, -0.25) is 9.59 Å². The van der Waals surface area contributed by atoms with Gasteiger partial charge in [0.2, 0.25) is 5.91 Å². The number of carbonyl (C=O) groups excluding carboxylic acids is 2. The predicted molar refractivity (Wildman–Crippen MR) is 117 cm³/mol. The smallest absolute Gasteiger partial charge is 0.254 e. The molecule has 0 bridgehead atoms. The molecule has 0 spiro atoms. The third-order valence-electron chi connectivity index (χ3n) is 5.10. The molecule has 1 atom stereocenters. The Morgan fingerprint density at radius 3 is 2.60 bits per heavy atom. The Labute approximate surface area is 178 Å². The van der Waals surface area contributed by atoms with Crippen molar-refractivity contribution in [2.24, 2.45) is 0 Å². The van der Waals surface area contributed by atoms with E-state index in [-0.39, 0.29) is 24.5 Å². The molecule has 3 rings (SSSR count). The number of hydrogen-bond acceptors (Lipinski definition) is 4. The number of carbonyl (C=O) groups is 2. The topological polar surface area (TPSA) is 67.9 Å². The molecule has 1 unspecified atom stereocenters. The standard InChI is InChI=1S/C24H30N2O4/c1-3-14-26(16-23(27)25-22-9-5-4-7-18(22)2)24(28)19-10-12-20(13-11-19)30-17-21-8-6-15-29-21/h4-5,7,9-13,21H,3,6,8,14-17H2,1-2H3,(H,25,27). The summed E-state index contributed by atoms with van der Waals surface area (Å²) < 4.78 is 11.3. The summed E-state index contributed by atoms with van der Waals surface area (Å²) in [6, 6.07) is 14.7. The van der Waals surface area contributed by atoms with Crippen LogP contribution in [-0.4, -0.2) is 49.1 Å². The largest absolute Gasteiger partial charge is 0.491 e. The van der Waals surface area contributed by atoms with Gasteiger partial charge in [0.25, 0.3) is 5.91 Å². The fraction of sp³-hybridized carbons (Fsp3) is 0.417. The van der Waals surface area contributed by atoms with E-state index in [9.17, 15) is 9.59 Å². The molecule has 1 fully saturated rings. The number of para-hydroxylation sites is 1. The first-order valence-corrected chi connectivity index (χ1v) is 10.6.